The lowest BCUT2D eigenvalue weighted by Gasteiger charge is -2.21. The molecule has 0 saturated carbocycles. The molecule has 2 atom stereocenters. The number of rotatable bonds is 6. The van der Waals surface area contributed by atoms with Crippen molar-refractivity contribution in [1.29, 1.82) is 0 Å². The standard InChI is InChI=1S/C11H17ClN2O3S/c1-3-8(2)11(7-15)14-18(16,17)10-4-9(12)5-13-6-10/h4-6,8,11,14-15H,3,7H2,1-2H3. The van der Waals surface area contributed by atoms with Crippen LogP contribution < -0.4 is 4.72 Å². The number of pyridine rings is 1. The fraction of sp³-hybridized carbons (Fsp3) is 0.545. The quantitative estimate of drug-likeness (QED) is 0.831. The average Bonchev–Trinajstić information content (AvgIpc) is 2.35. The second-order valence-electron chi connectivity index (χ2n) is 4.13. The molecule has 1 aromatic rings. The summed E-state index contributed by atoms with van der Waals surface area (Å²) in [5.41, 5.74) is 0. The van der Waals surface area contributed by atoms with Crippen molar-refractivity contribution in [3.63, 3.8) is 0 Å². The summed E-state index contributed by atoms with van der Waals surface area (Å²) in [5, 5.41) is 9.48. The average molecular weight is 293 g/mol. The molecule has 0 radical (unpaired) electrons. The number of sulfonamides is 1. The lowest BCUT2D eigenvalue weighted by Crippen LogP contribution is -2.41. The van der Waals surface area contributed by atoms with Gasteiger partial charge in [-0.15, -0.1) is 0 Å². The number of aliphatic hydroxyl groups is 1. The summed E-state index contributed by atoms with van der Waals surface area (Å²) >= 11 is 5.71. The number of hydrogen-bond acceptors (Lipinski definition) is 4. The summed E-state index contributed by atoms with van der Waals surface area (Å²) in [6.07, 6.45) is 3.35. The van der Waals surface area contributed by atoms with Crippen molar-refractivity contribution in [2.45, 2.75) is 31.2 Å². The molecule has 0 saturated heterocycles. The van der Waals surface area contributed by atoms with Crippen molar-refractivity contribution in [3.8, 4) is 0 Å². The third-order valence-corrected chi connectivity index (χ3v) is 4.49. The van der Waals surface area contributed by atoms with E-state index >= 15 is 0 Å². The molecule has 2 unspecified atom stereocenters. The molecule has 0 aliphatic rings. The lowest BCUT2D eigenvalue weighted by atomic mass is 10.0. The molecule has 0 aliphatic heterocycles. The minimum Gasteiger partial charge on any atom is -0.395 e. The van der Waals surface area contributed by atoms with Crippen LogP contribution in [0.15, 0.2) is 23.4 Å². The monoisotopic (exact) mass is 292 g/mol. The van der Waals surface area contributed by atoms with E-state index in [1.54, 1.807) is 0 Å². The molecule has 18 heavy (non-hydrogen) atoms. The maximum absolute atomic E-state index is 12.1. The van der Waals surface area contributed by atoms with E-state index in [0.717, 1.165) is 6.42 Å². The second kappa shape index (κ2) is 6.47. The van der Waals surface area contributed by atoms with Gasteiger partial charge in [0.25, 0.3) is 0 Å². The van der Waals surface area contributed by atoms with E-state index in [0.29, 0.717) is 0 Å². The number of hydrogen-bond donors (Lipinski definition) is 2. The summed E-state index contributed by atoms with van der Waals surface area (Å²) in [7, 11) is -3.71. The zero-order valence-electron chi connectivity index (χ0n) is 10.3. The van der Waals surface area contributed by atoms with E-state index in [9.17, 15) is 13.5 Å². The van der Waals surface area contributed by atoms with Crippen LogP contribution in [-0.2, 0) is 10.0 Å². The zero-order chi connectivity index (χ0) is 13.8. The Hall–Kier alpha value is -0.690. The Morgan fingerprint density at radius 3 is 2.67 bits per heavy atom. The van der Waals surface area contributed by atoms with Gasteiger partial charge < -0.3 is 5.11 Å². The molecule has 1 heterocycles. The fourth-order valence-corrected chi connectivity index (χ4v) is 2.99. The van der Waals surface area contributed by atoms with E-state index < -0.39 is 16.1 Å². The van der Waals surface area contributed by atoms with Gasteiger partial charge in [0.1, 0.15) is 4.90 Å². The van der Waals surface area contributed by atoms with Gasteiger partial charge in [0.05, 0.1) is 11.6 Å². The van der Waals surface area contributed by atoms with Gasteiger partial charge in [0.15, 0.2) is 0 Å². The third kappa shape index (κ3) is 3.91. The minimum atomic E-state index is -3.71. The number of aromatic nitrogens is 1. The Bertz CT molecular complexity index is 493. The van der Waals surface area contributed by atoms with E-state index in [-0.39, 0.29) is 22.4 Å². The van der Waals surface area contributed by atoms with E-state index in [1.807, 2.05) is 13.8 Å². The summed E-state index contributed by atoms with van der Waals surface area (Å²) in [6, 6.07) is 0.807. The molecule has 0 fully saturated rings. The smallest absolute Gasteiger partial charge is 0.242 e. The summed E-state index contributed by atoms with van der Waals surface area (Å²) in [5.74, 6) is 0.0388. The van der Waals surface area contributed by atoms with Crippen LogP contribution in [-0.4, -0.2) is 31.2 Å². The lowest BCUT2D eigenvalue weighted by molar-refractivity contribution is 0.219. The third-order valence-electron chi connectivity index (χ3n) is 2.82. The van der Waals surface area contributed by atoms with Crippen molar-refractivity contribution in [2.24, 2.45) is 5.92 Å². The SMILES string of the molecule is CCC(C)C(CO)NS(=O)(=O)c1cncc(Cl)c1. The van der Waals surface area contributed by atoms with E-state index in [2.05, 4.69) is 9.71 Å². The van der Waals surface area contributed by atoms with E-state index in [1.165, 1.54) is 18.5 Å². The van der Waals surface area contributed by atoms with Gasteiger partial charge >= 0.3 is 0 Å². The molecule has 0 spiro atoms. The first kappa shape index (κ1) is 15.4. The van der Waals surface area contributed by atoms with Crippen LogP contribution in [0.5, 0.6) is 0 Å². The molecule has 0 aromatic carbocycles. The molecule has 0 bridgehead atoms. The molecule has 5 nitrogen and oxygen atoms in total. The van der Waals surface area contributed by atoms with Gasteiger partial charge in [-0.2, -0.15) is 0 Å². The molecule has 7 heteroatoms. The van der Waals surface area contributed by atoms with Crippen LogP contribution in [0.25, 0.3) is 0 Å². The Balaban J connectivity index is 2.94. The summed E-state index contributed by atoms with van der Waals surface area (Å²) in [4.78, 5) is 3.73. The molecular formula is C11H17ClN2O3S. The van der Waals surface area contributed by atoms with Gasteiger partial charge in [-0.05, 0) is 12.0 Å². The number of halogens is 1. The van der Waals surface area contributed by atoms with Crippen LogP contribution in [0.3, 0.4) is 0 Å². The number of nitrogens with one attached hydrogen (secondary N) is 1. The zero-order valence-corrected chi connectivity index (χ0v) is 11.9. The number of aliphatic hydroxyl groups excluding tert-OH is 1. The Morgan fingerprint density at radius 1 is 1.50 bits per heavy atom. The topological polar surface area (TPSA) is 79.3 Å². The first-order valence-corrected chi connectivity index (χ1v) is 7.50. The molecule has 102 valence electrons. The first-order chi connectivity index (χ1) is 8.40. The predicted octanol–water partition coefficient (Wildman–Crippen LogP) is 1.42. The minimum absolute atomic E-state index is 0.00301. The van der Waals surface area contributed by atoms with Crippen LogP contribution in [0.1, 0.15) is 20.3 Å². The van der Waals surface area contributed by atoms with Crippen molar-refractivity contribution in [3.05, 3.63) is 23.5 Å². The van der Waals surface area contributed by atoms with Gasteiger partial charge in [0.2, 0.25) is 10.0 Å². The predicted molar refractivity (Wildman–Crippen MR) is 69.9 cm³/mol. The first-order valence-electron chi connectivity index (χ1n) is 5.64. The summed E-state index contributed by atoms with van der Waals surface area (Å²) < 4.78 is 26.6. The Labute approximate surface area is 112 Å². The molecule has 0 aliphatic carbocycles. The second-order valence-corrected chi connectivity index (χ2v) is 6.29. The molecule has 1 rings (SSSR count). The molecule has 1 aromatic heterocycles. The van der Waals surface area contributed by atoms with E-state index in [4.69, 9.17) is 11.6 Å². The van der Waals surface area contributed by atoms with Gasteiger partial charge in [-0.1, -0.05) is 31.9 Å². The van der Waals surface area contributed by atoms with Crippen molar-refractivity contribution < 1.29 is 13.5 Å². The largest absolute Gasteiger partial charge is 0.395 e. The fourth-order valence-electron chi connectivity index (χ4n) is 1.42. The van der Waals surface area contributed by atoms with Gasteiger partial charge in [0, 0.05) is 18.4 Å². The van der Waals surface area contributed by atoms with Gasteiger partial charge in [-0.3, -0.25) is 4.98 Å². The Kier molecular flexibility index (Phi) is 5.52. The highest BCUT2D eigenvalue weighted by molar-refractivity contribution is 7.89. The van der Waals surface area contributed by atoms with Crippen molar-refractivity contribution in [2.75, 3.05) is 6.61 Å². The number of nitrogens with zero attached hydrogens (tertiary/aromatic N) is 1. The molecule has 2 N–H and O–H groups in total. The van der Waals surface area contributed by atoms with Crippen LogP contribution in [0.2, 0.25) is 5.02 Å². The summed E-state index contributed by atoms with van der Waals surface area (Å²) in [6.45, 7) is 3.56. The maximum Gasteiger partial charge on any atom is 0.242 e. The Morgan fingerprint density at radius 2 is 2.17 bits per heavy atom. The highest BCUT2D eigenvalue weighted by Crippen LogP contribution is 2.16. The van der Waals surface area contributed by atoms with Gasteiger partial charge in [-0.25, -0.2) is 13.1 Å². The van der Waals surface area contributed by atoms with Crippen molar-refractivity contribution >= 4 is 21.6 Å². The van der Waals surface area contributed by atoms with Crippen LogP contribution in [0, 0.1) is 5.92 Å². The molecule has 0 amide bonds. The van der Waals surface area contributed by atoms with Crippen LogP contribution in [0.4, 0.5) is 0 Å². The maximum atomic E-state index is 12.1. The highest BCUT2D eigenvalue weighted by atomic mass is 35.5. The normalized spacial score (nSPS) is 15.3. The molecular weight excluding hydrogens is 276 g/mol. The highest BCUT2D eigenvalue weighted by Gasteiger charge is 2.23. The van der Waals surface area contributed by atoms with Crippen LogP contribution >= 0.6 is 11.6 Å². The van der Waals surface area contributed by atoms with Crippen molar-refractivity contribution in [1.82, 2.24) is 9.71 Å².